The fourth-order valence-electron chi connectivity index (χ4n) is 1.76. The number of rotatable bonds is 2. The van der Waals surface area contributed by atoms with Crippen molar-refractivity contribution in [3.8, 4) is 5.69 Å². The molecule has 0 saturated carbocycles. The van der Waals surface area contributed by atoms with Crippen LogP contribution in [0.3, 0.4) is 0 Å². The van der Waals surface area contributed by atoms with E-state index in [2.05, 4.69) is 10.3 Å². The first-order valence-corrected chi connectivity index (χ1v) is 5.70. The second-order valence-electron chi connectivity index (χ2n) is 3.93. The molecule has 1 heterocycles. The molecule has 8 heteroatoms. The summed E-state index contributed by atoms with van der Waals surface area (Å²) in [5, 5.41) is 7.45. The summed E-state index contributed by atoms with van der Waals surface area (Å²) in [4.78, 5) is 0. The standard InChI is InChI=1S/C11H10ClF3N4/c1-6-4-7(12)2-3-9(6)19-10(11(13,14)15)8(5-16)17-18-19/h2-4H,5,16H2,1H3. The number of benzene rings is 1. The second-order valence-corrected chi connectivity index (χ2v) is 4.37. The van der Waals surface area contributed by atoms with Gasteiger partial charge in [0.15, 0.2) is 5.69 Å². The summed E-state index contributed by atoms with van der Waals surface area (Å²) in [6.45, 7) is 1.31. The minimum Gasteiger partial charge on any atom is -0.325 e. The maximum Gasteiger partial charge on any atom is 0.435 e. The van der Waals surface area contributed by atoms with Crippen LogP contribution in [-0.4, -0.2) is 15.0 Å². The zero-order valence-corrected chi connectivity index (χ0v) is 10.6. The molecule has 0 unspecified atom stereocenters. The minimum absolute atomic E-state index is 0.268. The first kappa shape index (κ1) is 13.8. The molecule has 0 aliphatic rings. The highest BCUT2D eigenvalue weighted by Gasteiger charge is 2.39. The highest BCUT2D eigenvalue weighted by Crippen LogP contribution is 2.33. The van der Waals surface area contributed by atoms with Crippen molar-refractivity contribution in [3.63, 3.8) is 0 Å². The molecule has 19 heavy (non-hydrogen) atoms. The Kier molecular flexibility index (Phi) is 3.51. The van der Waals surface area contributed by atoms with Gasteiger partial charge in [0.2, 0.25) is 0 Å². The smallest absolute Gasteiger partial charge is 0.325 e. The van der Waals surface area contributed by atoms with Crippen molar-refractivity contribution in [2.75, 3.05) is 0 Å². The molecule has 4 nitrogen and oxygen atoms in total. The molecule has 0 fully saturated rings. The van der Waals surface area contributed by atoms with E-state index >= 15 is 0 Å². The molecule has 0 saturated heterocycles. The largest absolute Gasteiger partial charge is 0.435 e. The molecule has 0 atom stereocenters. The Morgan fingerprint density at radius 1 is 1.37 bits per heavy atom. The van der Waals surface area contributed by atoms with Crippen molar-refractivity contribution in [2.24, 2.45) is 5.73 Å². The summed E-state index contributed by atoms with van der Waals surface area (Å²) < 4.78 is 39.9. The summed E-state index contributed by atoms with van der Waals surface area (Å²) in [7, 11) is 0. The number of hydrogen-bond acceptors (Lipinski definition) is 3. The lowest BCUT2D eigenvalue weighted by Gasteiger charge is -2.12. The summed E-state index contributed by atoms with van der Waals surface area (Å²) in [6.07, 6.45) is -4.58. The number of alkyl halides is 3. The van der Waals surface area contributed by atoms with E-state index in [0.29, 0.717) is 10.6 Å². The van der Waals surface area contributed by atoms with Gasteiger partial charge in [-0.15, -0.1) is 5.10 Å². The molecule has 0 aliphatic heterocycles. The first-order valence-electron chi connectivity index (χ1n) is 5.33. The van der Waals surface area contributed by atoms with Crippen LogP contribution in [0.4, 0.5) is 13.2 Å². The zero-order chi connectivity index (χ0) is 14.2. The third kappa shape index (κ3) is 2.57. The quantitative estimate of drug-likeness (QED) is 0.925. The van der Waals surface area contributed by atoms with Crippen molar-refractivity contribution < 1.29 is 13.2 Å². The summed E-state index contributed by atoms with van der Waals surface area (Å²) >= 11 is 5.78. The summed E-state index contributed by atoms with van der Waals surface area (Å²) in [5.74, 6) is 0. The molecule has 2 N–H and O–H groups in total. The fraction of sp³-hybridized carbons (Fsp3) is 0.273. The van der Waals surface area contributed by atoms with Crippen molar-refractivity contribution in [3.05, 3.63) is 40.2 Å². The molecule has 0 radical (unpaired) electrons. The van der Waals surface area contributed by atoms with E-state index < -0.39 is 11.9 Å². The summed E-state index contributed by atoms with van der Waals surface area (Å²) in [5.41, 5.74) is 4.85. The molecule has 102 valence electrons. The van der Waals surface area contributed by atoms with Crippen LogP contribution < -0.4 is 5.73 Å². The van der Waals surface area contributed by atoms with Crippen molar-refractivity contribution in [1.29, 1.82) is 0 Å². The van der Waals surface area contributed by atoms with E-state index in [1.165, 1.54) is 12.1 Å². The average Bonchev–Trinajstić information content (AvgIpc) is 2.72. The number of nitrogens with two attached hydrogens (primary N) is 1. The Bertz CT molecular complexity index is 606. The molecule has 2 rings (SSSR count). The molecule has 2 aromatic rings. The normalized spacial score (nSPS) is 11.9. The van der Waals surface area contributed by atoms with Gasteiger partial charge in [-0.1, -0.05) is 16.8 Å². The van der Waals surface area contributed by atoms with Gasteiger partial charge >= 0.3 is 6.18 Å². The van der Waals surface area contributed by atoms with Crippen LogP contribution in [0.25, 0.3) is 5.69 Å². The SMILES string of the molecule is Cc1cc(Cl)ccc1-n1nnc(CN)c1C(F)(F)F. The van der Waals surface area contributed by atoms with Gasteiger partial charge in [0, 0.05) is 11.6 Å². The highest BCUT2D eigenvalue weighted by molar-refractivity contribution is 6.30. The van der Waals surface area contributed by atoms with E-state index in [9.17, 15) is 13.2 Å². The molecule has 0 amide bonds. The van der Waals surface area contributed by atoms with Crippen LogP contribution in [-0.2, 0) is 12.7 Å². The van der Waals surface area contributed by atoms with Crippen LogP contribution in [0, 0.1) is 6.92 Å². The Morgan fingerprint density at radius 2 is 2.05 bits per heavy atom. The molecule has 0 bridgehead atoms. The molecule has 1 aromatic heterocycles. The third-order valence-electron chi connectivity index (χ3n) is 2.59. The molecule has 1 aromatic carbocycles. The van der Waals surface area contributed by atoms with Crippen LogP contribution >= 0.6 is 11.6 Å². The van der Waals surface area contributed by atoms with Gasteiger partial charge in [-0.25, -0.2) is 4.68 Å². The molecular formula is C11H10ClF3N4. The Balaban J connectivity index is 2.66. The van der Waals surface area contributed by atoms with Gasteiger partial charge in [0.25, 0.3) is 0 Å². The van der Waals surface area contributed by atoms with Gasteiger partial charge in [-0.05, 0) is 30.7 Å². The lowest BCUT2D eigenvalue weighted by molar-refractivity contribution is -0.143. The predicted octanol–water partition coefficient (Wildman–Crippen LogP) is 2.71. The monoisotopic (exact) mass is 290 g/mol. The Hall–Kier alpha value is -1.60. The number of hydrogen-bond donors (Lipinski definition) is 1. The van der Waals surface area contributed by atoms with Gasteiger partial charge in [0.1, 0.15) is 5.69 Å². The average molecular weight is 291 g/mol. The van der Waals surface area contributed by atoms with Crippen molar-refractivity contribution in [2.45, 2.75) is 19.6 Å². The summed E-state index contributed by atoms with van der Waals surface area (Å²) in [6, 6.07) is 4.51. The Labute approximate surface area is 112 Å². The number of aryl methyl sites for hydroxylation is 1. The van der Waals surface area contributed by atoms with Crippen molar-refractivity contribution >= 4 is 11.6 Å². The molecule has 0 aliphatic carbocycles. The number of nitrogens with zero attached hydrogens (tertiary/aromatic N) is 3. The maximum atomic E-state index is 13.0. The van der Waals surface area contributed by atoms with Gasteiger partial charge in [-0.3, -0.25) is 0 Å². The van der Waals surface area contributed by atoms with E-state index in [0.717, 1.165) is 4.68 Å². The van der Waals surface area contributed by atoms with E-state index in [4.69, 9.17) is 17.3 Å². The van der Waals surface area contributed by atoms with Crippen LogP contribution in [0.1, 0.15) is 17.0 Å². The van der Waals surface area contributed by atoms with Crippen molar-refractivity contribution in [1.82, 2.24) is 15.0 Å². The lowest BCUT2D eigenvalue weighted by Crippen LogP contribution is -2.17. The zero-order valence-electron chi connectivity index (χ0n) is 9.87. The third-order valence-corrected chi connectivity index (χ3v) is 2.82. The van der Waals surface area contributed by atoms with Crippen LogP contribution in [0.15, 0.2) is 18.2 Å². The lowest BCUT2D eigenvalue weighted by atomic mass is 10.2. The van der Waals surface area contributed by atoms with Crippen LogP contribution in [0.2, 0.25) is 5.02 Å². The minimum atomic E-state index is -4.58. The first-order chi connectivity index (χ1) is 8.84. The second kappa shape index (κ2) is 4.82. The predicted molar refractivity (Wildman–Crippen MR) is 64.0 cm³/mol. The number of halogens is 4. The maximum absolute atomic E-state index is 13.0. The van der Waals surface area contributed by atoms with Crippen LogP contribution in [0.5, 0.6) is 0 Å². The van der Waals surface area contributed by atoms with Gasteiger partial charge in [0.05, 0.1) is 5.69 Å². The van der Waals surface area contributed by atoms with E-state index in [-0.39, 0.29) is 17.9 Å². The van der Waals surface area contributed by atoms with E-state index in [1.54, 1.807) is 13.0 Å². The molecule has 0 spiro atoms. The van der Waals surface area contributed by atoms with Gasteiger partial charge in [-0.2, -0.15) is 13.2 Å². The molecular weight excluding hydrogens is 281 g/mol. The fourth-order valence-corrected chi connectivity index (χ4v) is 1.99. The highest BCUT2D eigenvalue weighted by atomic mass is 35.5. The van der Waals surface area contributed by atoms with E-state index in [1.807, 2.05) is 0 Å². The van der Waals surface area contributed by atoms with Gasteiger partial charge < -0.3 is 5.73 Å². The number of aromatic nitrogens is 3. The topological polar surface area (TPSA) is 56.7 Å². The Morgan fingerprint density at radius 3 is 2.58 bits per heavy atom.